The van der Waals surface area contributed by atoms with Crippen LogP contribution in [-0.4, -0.2) is 14.2 Å². The summed E-state index contributed by atoms with van der Waals surface area (Å²) in [5, 5.41) is 14.7. The minimum atomic E-state index is -0.275. The first-order chi connectivity index (χ1) is 49.0. The molecule has 0 aromatic heterocycles. The summed E-state index contributed by atoms with van der Waals surface area (Å²) in [5.41, 5.74) is 29.2. The molecule has 0 unspecified atom stereocenters. The first-order valence-corrected chi connectivity index (χ1v) is 34.9. The minimum Gasteiger partial charge on any atom is -0.496 e. The molecule has 2 nitrogen and oxygen atoms in total. The molecule has 0 saturated heterocycles. The van der Waals surface area contributed by atoms with Crippen molar-refractivity contribution in [2.24, 2.45) is 0 Å². The van der Waals surface area contributed by atoms with Crippen LogP contribution in [0.2, 0.25) is 0 Å². The predicted octanol–water partition coefficient (Wildman–Crippen LogP) is 26.6. The Kier molecular flexibility index (Phi) is 13.5. The SMILES string of the molecule is COc1cc(-c2c3ccccc3c(-c3ccc4c(c3)C(C)(C)c3cc(-c5ccc6c(c5)C(C)(C)c5cc(-c7c8ccccc8c(-c8c9ccccc9c(-c9ccc(-c%10ccccc%10)c(OC)c9)c9ccccc89)c8ccccc78)ccc5-6)ccc3-4)c3ccccc23)ccc1-c1ccccc1. The fourth-order valence-corrected chi connectivity index (χ4v) is 17.7. The van der Waals surface area contributed by atoms with Crippen molar-refractivity contribution in [2.75, 3.05) is 14.2 Å². The van der Waals surface area contributed by atoms with Crippen LogP contribution in [0.3, 0.4) is 0 Å². The van der Waals surface area contributed by atoms with Crippen molar-refractivity contribution < 1.29 is 9.47 Å². The van der Waals surface area contributed by atoms with Crippen LogP contribution in [0.4, 0.5) is 0 Å². The van der Waals surface area contributed by atoms with Crippen molar-refractivity contribution in [1.29, 1.82) is 0 Å². The monoisotopic (exact) mass is 1280 g/mol. The molecule has 17 aromatic carbocycles. The van der Waals surface area contributed by atoms with E-state index >= 15 is 0 Å². The molecular weight excluding hydrogens is 1210 g/mol. The van der Waals surface area contributed by atoms with E-state index in [-0.39, 0.29) is 10.8 Å². The van der Waals surface area contributed by atoms with Gasteiger partial charge >= 0.3 is 0 Å². The smallest absolute Gasteiger partial charge is 0.127 e. The fraction of sp³-hybridized carbons (Fsp3) is 0.0816. The highest BCUT2D eigenvalue weighted by atomic mass is 16.5. The van der Waals surface area contributed by atoms with Gasteiger partial charge in [0.2, 0.25) is 0 Å². The molecule has 0 N–H and O–H groups in total. The molecule has 0 fully saturated rings. The molecule has 0 radical (unpaired) electrons. The van der Waals surface area contributed by atoms with E-state index < -0.39 is 0 Å². The Morgan fingerprint density at radius 2 is 0.380 bits per heavy atom. The fourth-order valence-electron chi connectivity index (χ4n) is 17.7. The lowest BCUT2D eigenvalue weighted by Gasteiger charge is -2.24. The number of fused-ring (bicyclic) bond motifs is 12. The normalized spacial score (nSPS) is 13.3. The Balaban J connectivity index is 0.677. The van der Waals surface area contributed by atoms with E-state index in [0.717, 1.165) is 44.9 Å². The molecule has 2 aliphatic carbocycles. The van der Waals surface area contributed by atoms with Gasteiger partial charge in [-0.05, 0) is 223 Å². The van der Waals surface area contributed by atoms with Crippen LogP contribution in [0.5, 0.6) is 11.5 Å². The van der Waals surface area contributed by atoms with E-state index in [1.807, 2.05) is 0 Å². The summed E-state index contributed by atoms with van der Waals surface area (Å²) in [4.78, 5) is 0. The van der Waals surface area contributed by atoms with Crippen LogP contribution in [0.25, 0.3) is 176 Å². The number of methoxy groups -OCH3 is 2. The van der Waals surface area contributed by atoms with Gasteiger partial charge in [-0.2, -0.15) is 0 Å². The van der Waals surface area contributed by atoms with Crippen molar-refractivity contribution in [1.82, 2.24) is 0 Å². The van der Waals surface area contributed by atoms with Gasteiger partial charge in [0.15, 0.2) is 0 Å². The van der Waals surface area contributed by atoms with E-state index in [9.17, 15) is 0 Å². The largest absolute Gasteiger partial charge is 0.496 e. The molecule has 19 rings (SSSR count). The first kappa shape index (κ1) is 59.2. The summed E-state index contributed by atoms with van der Waals surface area (Å²) >= 11 is 0. The Bertz CT molecular complexity index is 6120. The van der Waals surface area contributed by atoms with Crippen molar-refractivity contribution in [3.8, 4) is 123 Å². The second kappa shape index (κ2) is 22.7. The zero-order chi connectivity index (χ0) is 67.1. The number of benzene rings is 17. The molecular formula is C98H70O2. The average Bonchev–Trinajstić information content (AvgIpc) is 0.905. The van der Waals surface area contributed by atoms with E-state index in [0.29, 0.717) is 0 Å². The van der Waals surface area contributed by atoms with Crippen molar-refractivity contribution in [3.05, 3.63) is 338 Å². The number of ether oxygens (including phenoxy) is 2. The molecule has 474 valence electrons. The highest BCUT2D eigenvalue weighted by Crippen LogP contribution is 2.57. The third-order valence-corrected chi connectivity index (χ3v) is 22.5. The molecule has 100 heavy (non-hydrogen) atoms. The zero-order valence-corrected chi connectivity index (χ0v) is 56.8. The molecule has 0 amide bonds. The Hall–Kier alpha value is -12.1. The van der Waals surface area contributed by atoms with Crippen molar-refractivity contribution >= 4 is 64.6 Å². The molecule has 0 atom stereocenters. The van der Waals surface area contributed by atoms with E-state index in [1.54, 1.807) is 14.2 Å². The molecule has 0 saturated carbocycles. The van der Waals surface area contributed by atoms with Crippen LogP contribution in [0.1, 0.15) is 49.9 Å². The maximum absolute atomic E-state index is 6.17. The third kappa shape index (κ3) is 8.89. The van der Waals surface area contributed by atoms with Gasteiger partial charge < -0.3 is 9.47 Å². The summed E-state index contributed by atoms with van der Waals surface area (Å²) in [6.07, 6.45) is 0. The lowest BCUT2D eigenvalue weighted by Crippen LogP contribution is -2.15. The van der Waals surface area contributed by atoms with Gasteiger partial charge in [0.25, 0.3) is 0 Å². The summed E-state index contributed by atoms with van der Waals surface area (Å²) in [5.74, 6) is 1.71. The van der Waals surface area contributed by atoms with Gasteiger partial charge in [-0.1, -0.05) is 307 Å². The molecule has 2 heteroatoms. The quantitative estimate of drug-likeness (QED) is 0.127. The standard InChI is InChI=1S/C98H70O2/c1-97(2)85-53-61(41-49-69(85)71-51-45-63(55-87(71)97)91-73-29-13-15-31-75(73)93(76-32-16-14-30-74(76)91)65-43-47-67(89(57-65)99-5)59-25-9-7-10-26-59)62-42-50-70-72-52-46-64(56-88(72)98(3,4)86(70)54-62)92-77-33-17-21-37-81(77)95(82-38-22-18-34-78(82)92)96-83-39-23-19-35-79(83)94(80-36-20-24-40-84(80)96)66-44-48-68(90(58-66)100-6)60-27-11-8-12-28-60/h7-58H,1-6H3. The maximum atomic E-state index is 6.17. The highest BCUT2D eigenvalue weighted by Gasteiger charge is 2.39. The van der Waals surface area contributed by atoms with Gasteiger partial charge in [0.1, 0.15) is 11.5 Å². The number of hydrogen-bond acceptors (Lipinski definition) is 2. The summed E-state index contributed by atoms with van der Waals surface area (Å²) in [6, 6.07) is 118. The summed E-state index contributed by atoms with van der Waals surface area (Å²) < 4.78 is 12.3. The van der Waals surface area contributed by atoms with E-state index in [1.165, 1.54) is 165 Å². The van der Waals surface area contributed by atoms with Crippen LogP contribution >= 0.6 is 0 Å². The number of hydrogen-bond donors (Lipinski definition) is 0. The highest BCUT2D eigenvalue weighted by molar-refractivity contribution is 6.30. The molecule has 0 spiro atoms. The molecule has 17 aromatic rings. The molecule has 0 bridgehead atoms. The van der Waals surface area contributed by atoms with Crippen LogP contribution < -0.4 is 9.47 Å². The first-order valence-electron chi connectivity index (χ1n) is 34.9. The zero-order valence-electron chi connectivity index (χ0n) is 56.8. The molecule has 0 heterocycles. The van der Waals surface area contributed by atoms with Gasteiger partial charge in [0, 0.05) is 22.0 Å². The van der Waals surface area contributed by atoms with E-state index in [2.05, 4.69) is 343 Å². The van der Waals surface area contributed by atoms with Gasteiger partial charge in [-0.15, -0.1) is 0 Å². The van der Waals surface area contributed by atoms with Crippen molar-refractivity contribution in [2.45, 2.75) is 38.5 Å². The summed E-state index contributed by atoms with van der Waals surface area (Å²) in [7, 11) is 3.55. The predicted molar refractivity (Wildman–Crippen MR) is 423 cm³/mol. The Morgan fingerprint density at radius 3 is 0.630 bits per heavy atom. The maximum Gasteiger partial charge on any atom is 0.127 e. The van der Waals surface area contributed by atoms with Gasteiger partial charge in [-0.25, -0.2) is 0 Å². The van der Waals surface area contributed by atoms with Crippen LogP contribution in [0, 0.1) is 0 Å². The number of rotatable bonds is 10. The van der Waals surface area contributed by atoms with Crippen LogP contribution in [-0.2, 0) is 10.8 Å². The van der Waals surface area contributed by atoms with Gasteiger partial charge in [0.05, 0.1) is 14.2 Å². The lowest BCUT2D eigenvalue weighted by atomic mass is 9.78. The van der Waals surface area contributed by atoms with Crippen LogP contribution in [0.15, 0.2) is 315 Å². The van der Waals surface area contributed by atoms with Crippen molar-refractivity contribution in [3.63, 3.8) is 0 Å². The second-order valence-electron chi connectivity index (χ2n) is 28.4. The minimum absolute atomic E-state index is 0.258. The topological polar surface area (TPSA) is 18.5 Å². The Labute approximate surface area is 583 Å². The third-order valence-electron chi connectivity index (χ3n) is 22.5. The second-order valence-corrected chi connectivity index (χ2v) is 28.4. The average molecular weight is 1280 g/mol. The molecule has 0 aliphatic heterocycles. The molecule has 2 aliphatic rings. The Morgan fingerprint density at radius 1 is 0.180 bits per heavy atom. The summed E-state index contributed by atoms with van der Waals surface area (Å²) in [6.45, 7) is 9.70. The lowest BCUT2D eigenvalue weighted by molar-refractivity contribution is 0.416. The van der Waals surface area contributed by atoms with E-state index in [4.69, 9.17) is 9.47 Å². The van der Waals surface area contributed by atoms with Gasteiger partial charge in [-0.3, -0.25) is 0 Å².